The van der Waals surface area contributed by atoms with Crippen LogP contribution in [0.2, 0.25) is 11.3 Å². The maximum atomic E-state index is 13.9. The number of nitrogens with zero attached hydrogens (tertiary/aromatic N) is 2. The van der Waals surface area contributed by atoms with E-state index in [1.807, 2.05) is 42.5 Å². The summed E-state index contributed by atoms with van der Waals surface area (Å²) in [6.45, 7) is 2.11. The molecule has 3 aliphatic rings. The van der Waals surface area contributed by atoms with Crippen molar-refractivity contribution in [2.75, 3.05) is 4.90 Å². The molecule has 0 saturated carbocycles. The molecule has 2 aliphatic heterocycles. The fourth-order valence-corrected chi connectivity index (χ4v) is 7.30. The van der Waals surface area contributed by atoms with Crippen LogP contribution in [0.5, 0.6) is 5.75 Å². The number of carbonyl (C=O) groups excluding carboxylic acids is 2. The summed E-state index contributed by atoms with van der Waals surface area (Å²) in [5, 5.41) is 21.2. The van der Waals surface area contributed by atoms with E-state index in [0.29, 0.717) is 30.0 Å². The zero-order chi connectivity index (χ0) is 30.1. The molecule has 2 amide bonds. The van der Waals surface area contributed by atoms with Gasteiger partial charge >= 0.3 is 7.12 Å². The number of phenols is 1. The minimum atomic E-state index is -1.04. The lowest BCUT2D eigenvalue weighted by molar-refractivity contribution is -0.122. The molecule has 43 heavy (non-hydrogen) atoms. The number of halogens is 1. The molecule has 3 aromatic rings. The third-order valence-electron chi connectivity index (χ3n) is 8.86. The Morgan fingerprint density at radius 3 is 2.60 bits per heavy atom. The second kappa shape index (κ2) is 12.5. The number of fused-ring (bicyclic) bond motifs is 3. The molecule has 0 spiro atoms. The standard InChI is InChI=1S/C34H34BClN2O5/c1-2-8-23-18-26-32(34(41)38(33(26)40)24-9-4-3-5-10-24)27-20-35(42)43-30(31(23)27)15-13-22(29-11-6-7-16-37-29)17-21-12-14-25(39)19-28(21)36/h3-7,9-12,14,16-17,19,26-27,30,32,39,42H,2,8,13,15,18,20H2,1H3/b22-17-/t26-,27+,30-,32-/m1/s1. The number of hydrogen-bond donors (Lipinski definition) is 2. The first kappa shape index (κ1) is 29.4. The Morgan fingerprint density at radius 2 is 1.88 bits per heavy atom. The van der Waals surface area contributed by atoms with E-state index in [1.165, 1.54) is 16.5 Å². The fraction of sp³-hybridized carbons (Fsp3) is 0.324. The first-order valence-corrected chi connectivity index (χ1v) is 15.3. The highest BCUT2D eigenvalue weighted by Gasteiger charge is 2.57. The summed E-state index contributed by atoms with van der Waals surface area (Å²) in [5.74, 6) is -1.48. The number of aromatic nitrogens is 1. The van der Waals surface area contributed by atoms with Gasteiger partial charge in [0, 0.05) is 6.20 Å². The first-order valence-electron chi connectivity index (χ1n) is 14.9. The lowest BCUT2D eigenvalue weighted by Gasteiger charge is -2.43. The van der Waals surface area contributed by atoms with Crippen LogP contribution in [0.1, 0.15) is 50.3 Å². The minimum Gasteiger partial charge on any atom is -0.508 e. The van der Waals surface area contributed by atoms with Gasteiger partial charge in [0.1, 0.15) is 5.75 Å². The summed E-state index contributed by atoms with van der Waals surface area (Å²) >= 11 is 6.45. The summed E-state index contributed by atoms with van der Waals surface area (Å²) < 4.78 is 6.21. The van der Waals surface area contributed by atoms with E-state index < -0.39 is 25.1 Å². The van der Waals surface area contributed by atoms with E-state index >= 15 is 0 Å². The van der Waals surface area contributed by atoms with Crippen LogP contribution in [0.15, 0.2) is 84.1 Å². The fourth-order valence-electron chi connectivity index (χ4n) is 7.07. The molecule has 2 fully saturated rings. The molecule has 0 radical (unpaired) electrons. The van der Waals surface area contributed by atoms with Crippen LogP contribution in [-0.2, 0) is 14.2 Å². The third-order valence-corrected chi connectivity index (χ3v) is 9.18. The minimum absolute atomic E-state index is 0.0916. The summed E-state index contributed by atoms with van der Waals surface area (Å²) in [6, 6.07) is 19.7. The average molecular weight is 597 g/mol. The number of hydrogen-bond acceptors (Lipinski definition) is 6. The summed E-state index contributed by atoms with van der Waals surface area (Å²) in [4.78, 5) is 33.5. The van der Waals surface area contributed by atoms with Gasteiger partial charge in [-0.15, -0.1) is 0 Å². The molecule has 6 rings (SSSR count). The lowest BCUT2D eigenvalue weighted by Crippen LogP contribution is -2.46. The van der Waals surface area contributed by atoms with E-state index in [4.69, 9.17) is 16.3 Å². The van der Waals surface area contributed by atoms with Gasteiger partial charge in [0.2, 0.25) is 11.8 Å². The van der Waals surface area contributed by atoms with E-state index in [1.54, 1.807) is 30.5 Å². The number of phenolic OH excluding ortho intramolecular Hbond substituents is 1. The van der Waals surface area contributed by atoms with Crippen molar-refractivity contribution >= 4 is 47.9 Å². The molecule has 4 atom stereocenters. The highest BCUT2D eigenvalue weighted by molar-refractivity contribution is 6.43. The van der Waals surface area contributed by atoms with Crippen LogP contribution >= 0.6 is 11.6 Å². The Bertz CT molecular complexity index is 1580. The highest BCUT2D eigenvalue weighted by atomic mass is 35.5. The van der Waals surface area contributed by atoms with E-state index in [2.05, 4.69) is 11.9 Å². The Morgan fingerprint density at radius 1 is 1.09 bits per heavy atom. The number of para-hydroxylation sites is 1. The molecule has 2 aromatic carbocycles. The molecular formula is C34H34BClN2O5. The Kier molecular flexibility index (Phi) is 8.53. The van der Waals surface area contributed by atoms with Gasteiger partial charge in [-0.1, -0.05) is 54.8 Å². The van der Waals surface area contributed by atoms with Crippen LogP contribution in [0, 0.1) is 17.8 Å². The van der Waals surface area contributed by atoms with Crippen LogP contribution in [0.4, 0.5) is 5.69 Å². The number of carbonyl (C=O) groups is 2. The Hall–Kier alpha value is -3.72. The third kappa shape index (κ3) is 5.79. The van der Waals surface area contributed by atoms with Crippen molar-refractivity contribution in [3.63, 3.8) is 0 Å². The second-order valence-electron chi connectivity index (χ2n) is 11.5. The zero-order valence-corrected chi connectivity index (χ0v) is 24.8. The van der Waals surface area contributed by atoms with E-state index in [9.17, 15) is 19.7 Å². The average Bonchev–Trinajstić information content (AvgIpc) is 3.26. The van der Waals surface area contributed by atoms with Crippen LogP contribution < -0.4 is 4.90 Å². The van der Waals surface area contributed by atoms with Crippen molar-refractivity contribution in [1.29, 1.82) is 0 Å². The number of benzene rings is 2. The second-order valence-corrected chi connectivity index (χ2v) is 12.0. The molecule has 0 bridgehead atoms. The maximum absolute atomic E-state index is 13.9. The number of amides is 2. The number of imide groups is 1. The van der Waals surface area contributed by atoms with Crippen molar-refractivity contribution in [3.8, 4) is 5.75 Å². The largest absolute Gasteiger partial charge is 0.508 e. The molecule has 3 heterocycles. The Balaban J connectivity index is 1.33. The van der Waals surface area contributed by atoms with Crippen LogP contribution in [0.25, 0.3) is 11.6 Å². The smallest absolute Gasteiger partial charge is 0.455 e. The molecule has 1 aromatic heterocycles. The summed E-state index contributed by atoms with van der Waals surface area (Å²) in [5.41, 5.74) is 5.32. The van der Waals surface area contributed by atoms with Crippen LogP contribution in [0.3, 0.4) is 0 Å². The van der Waals surface area contributed by atoms with Gasteiger partial charge < -0.3 is 14.8 Å². The maximum Gasteiger partial charge on any atom is 0.455 e. The molecular weight excluding hydrogens is 563 g/mol. The van der Waals surface area contributed by atoms with Gasteiger partial charge in [-0.2, -0.15) is 0 Å². The van der Waals surface area contributed by atoms with Gasteiger partial charge in [0.25, 0.3) is 0 Å². The van der Waals surface area contributed by atoms with Crippen molar-refractivity contribution in [1.82, 2.24) is 4.98 Å². The quantitative estimate of drug-likeness (QED) is 0.173. The molecule has 2 saturated heterocycles. The predicted octanol–water partition coefficient (Wildman–Crippen LogP) is 6.56. The van der Waals surface area contributed by atoms with Crippen molar-refractivity contribution < 1.29 is 24.4 Å². The van der Waals surface area contributed by atoms with Gasteiger partial charge in [-0.25, -0.2) is 0 Å². The molecule has 0 unspecified atom stereocenters. The van der Waals surface area contributed by atoms with E-state index in [-0.39, 0.29) is 29.8 Å². The topological polar surface area (TPSA) is 100.0 Å². The summed E-state index contributed by atoms with van der Waals surface area (Å²) in [7, 11) is -1.04. The van der Waals surface area contributed by atoms with E-state index in [0.717, 1.165) is 35.2 Å². The lowest BCUT2D eigenvalue weighted by atomic mass is 9.58. The zero-order valence-electron chi connectivity index (χ0n) is 24.0. The van der Waals surface area contributed by atoms with Crippen molar-refractivity contribution in [2.45, 2.75) is 51.5 Å². The molecule has 2 N–H and O–H groups in total. The Labute approximate surface area is 257 Å². The first-order chi connectivity index (χ1) is 20.9. The van der Waals surface area contributed by atoms with Gasteiger partial charge in [-0.3, -0.25) is 19.5 Å². The molecule has 9 heteroatoms. The van der Waals surface area contributed by atoms with Gasteiger partial charge in [0.15, 0.2) is 0 Å². The number of pyridine rings is 1. The van der Waals surface area contributed by atoms with Crippen LogP contribution in [-0.4, -0.2) is 40.2 Å². The monoisotopic (exact) mass is 596 g/mol. The van der Waals surface area contributed by atoms with Crippen molar-refractivity contribution in [2.24, 2.45) is 17.8 Å². The molecule has 220 valence electrons. The number of aromatic hydroxyl groups is 1. The van der Waals surface area contributed by atoms with Gasteiger partial charge in [-0.05, 0) is 103 Å². The summed E-state index contributed by atoms with van der Waals surface area (Å²) in [6.07, 6.45) is 6.94. The number of anilines is 1. The van der Waals surface area contributed by atoms with Gasteiger partial charge in [0.05, 0.1) is 34.3 Å². The SMILES string of the molecule is CCCC1=C2[C@@H](CC/C(=C/c3ccc(O)cc3Cl)c3ccccn3)OB(O)C[C@@H]2[C@@H]2C(=O)N(c3ccccc3)C(=O)[C@@H]2C1. The number of rotatable bonds is 8. The normalized spacial score (nSPS) is 23.9. The highest BCUT2D eigenvalue weighted by Crippen LogP contribution is 2.52. The number of allylic oxidation sites excluding steroid dienone is 2. The van der Waals surface area contributed by atoms with Crippen molar-refractivity contribution in [3.05, 3.63) is 100 Å². The molecule has 1 aliphatic carbocycles. The molecule has 7 nitrogen and oxygen atoms in total. The predicted molar refractivity (Wildman–Crippen MR) is 168 cm³/mol.